The van der Waals surface area contributed by atoms with Crippen LogP contribution in [-0.4, -0.2) is 47.4 Å². The highest BCUT2D eigenvalue weighted by molar-refractivity contribution is 5.80. The molecule has 26 heavy (non-hydrogen) atoms. The molecule has 1 aromatic carbocycles. The zero-order valence-corrected chi connectivity index (χ0v) is 16.2. The Morgan fingerprint density at radius 3 is 2.65 bits per heavy atom. The van der Waals surface area contributed by atoms with Gasteiger partial charge in [-0.15, -0.1) is 0 Å². The van der Waals surface area contributed by atoms with Crippen molar-refractivity contribution in [1.29, 1.82) is 0 Å². The highest BCUT2D eigenvalue weighted by atomic mass is 16.5. The zero-order chi connectivity index (χ0) is 18.6. The molecule has 2 aromatic rings. The molecule has 1 N–H and O–H groups in total. The normalized spacial score (nSPS) is 16.8. The number of nitrogens with one attached hydrogen (secondary N) is 1. The first-order chi connectivity index (χ1) is 12.5. The Bertz CT molecular complexity index is 748. The second-order valence-corrected chi connectivity index (χ2v) is 7.46. The lowest BCUT2D eigenvalue weighted by Gasteiger charge is -2.23. The van der Waals surface area contributed by atoms with Crippen molar-refractivity contribution < 1.29 is 4.74 Å². The van der Waals surface area contributed by atoms with Gasteiger partial charge in [-0.3, -0.25) is 0 Å². The van der Waals surface area contributed by atoms with E-state index >= 15 is 0 Å². The van der Waals surface area contributed by atoms with E-state index in [0.29, 0.717) is 12.0 Å². The SMILES string of the molecule is CCNC(=NCc1ccn(-c2ccc(OC)cc2)n1)N1CCC(C)(C)C1. The number of hydrogen-bond donors (Lipinski definition) is 1. The number of aromatic nitrogens is 2. The summed E-state index contributed by atoms with van der Waals surface area (Å²) in [5.41, 5.74) is 2.32. The lowest BCUT2D eigenvalue weighted by atomic mass is 9.93. The topological polar surface area (TPSA) is 54.7 Å². The first-order valence-corrected chi connectivity index (χ1v) is 9.23. The van der Waals surface area contributed by atoms with E-state index in [2.05, 4.69) is 36.1 Å². The highest BCUT2D eigenvalue weighted by Gasteiger charge is 2.30. The first kappa shape index (κ1) is 18.3. The predicted molar refractivity (Wildman–Crippen MR) is 105 cm³/mol. The van der Waals surface area contributed by atoms with Crippen molar-refractivity contribution in [2.45, 2.75) is 33.7 Å². The van der Waals surface area contributed by atoms with Gasteiger partial charge in [0.2, 0.25) is 0 Å². The number of rotatable bonds is 5. The molecule has 0 saturated carbocycles. The molecular weight excluding hydrogens is 326 g/mol. The molecular formula is C20H29N5O. The Morgan fingerprint density at radius 2 is 2.04 bits per heavy atom. The third-order valence-electron chi connectivity index (χ3n) is 4.68. The van der Waals surface area contributed by atoms with Crippen LogP contribution in [0.4, 0.5) is 0 Å². The molecule has 6 heteroatoms. The minimum Gasteiger partial charge on any atom is -0.497 e. The summed E-state index contributed by atoms with van der Waals surface area (Å²) in [5.74, 6) is 1.83. The van der Waals surface area contributed by atoms with Gasteiger partial charge >= 0.3 is 0 Å². The zero-order valence-electron chi connectivity index (χ0n) is 16.2. The average Bonchev–Trinajstić information content (AvgIpc) is 3.25. The second-order valence-electron chi connectivity index (χ2n) is 7.46. The largest absolute Gasteiger partial charge is 0.497 e. The van der Waals surface area contributed by atoms with Gasteiger partial charge in [0.15, 0.2) is 5.96 Å². The minimum atomic E-state index is 0.353. The van der Waals surface area contributed by atoms with Gasteiger partial charge in [-0.1, -0.05) is 13.8 Å². The molecule has 140 valence electrons. The average molecular weight is 355 g/mol. The Labute approximate surface area is 155 Å². The highest BCUT2D eigenvalue weighted by Crippen LogP contribution is 2.28. The molecule has 0 spiro atoms. The van der Waals surface area contributed by atoms with Crippen LogP contribution < -0.4 is 10.1 Å². The number of aliphatic imine (C=N–C) groups is 1. The van der Waals surface area contributed by atoms with E-state index in [4.69, 9.17) is 9.73 Å². The van der Waals surface area contributed by atoms with Gasteiger partial charge in [0.05, 0.1) is 25.0 Å². The van der Waals surface area contributed by atoms with Crippen LogP contribution in [0.1, 0.15) is 32.9 Å². The summed E-state index contributed by atoms with van der Waals surface area (Å²) >= 11 is 0. The van der Waals surface area contributed by atoms with Crippen molar-refractivity contribution in [1.82, 2.24) is 20.0 Å². The molecule has 3 rings (SSSR count). The van der Waals surface area contributed by atoms with Crippen LogP contribution in [0.15, 0.2) is 41.5 Å². The molecule has 1 fully saturated rings. The van der Waals surface area contributed by atoms with Gasteiger partial charge in [-0.05, 0) is 49.1 Å². The third-order valence-corrected chi connectivity index (χ3v) is 4.68. The molecule has 0 radical (unpaired) electrons. The van der Waals surface area contributed by atoms with E-state index in [-0.39, 0.29) is 0 Å². The van der Waals surface area contributed by atoms with Crippen LogP contribution in [-0.2, 0) is 6.54 Å². The van der Waals surface area contributed by atoms with Gasteiger partial charge in [-0.25, -0.2) is 9.67 Å². The van der Waals surface area contributed by atoms with Gasteiger partial charge in [-0.2, -0.15) is 5.10 Å². The molecule has 6 nitrogen and oxygen atoms in total. The summed E-state index contributed by atoms with van der Waals surface area (Å²) < 4.78 is 7.07. The molecule has 0 aliphatic carbocycles. The quantitative estimate of drug-likeness (QED) is 0.661. The lowest BCUT2D eigenvalue weighted by molar-refractivity contribution is 0.370. The molecule has 0 bridgehead atoms. The standard InChI is InChI=1S/C20H29N5O/c1-5-21-19(24-13-11-20(2,3)15-24)22-14-16-10-12-25(23-16)17-6-8-18(26-4)9-7-17/h6-10,12H,5,11,13-15H2,1-4H3,(H,21,22). The number of benzene rings is 1. The lowest BCUT2D eigenvalue weighted by Crippen LogP contribution is -2.40. The Hall–Kier alpha value is -2.50. The molecule has 1 aromatic heterocycles. The Morgan fingerprint density at radius 1 is 1.27 bits per heavy atom. The summed E-state index contributed by atoms with van der Waals surface area (Å²) in [6, 6.07) is 9.89. The van der Waals surface area contributed by atoms with Gasteiger partial charge in [0.25, 0.3) is 0 Å². The molecule has 1 aliphatic rings. The maximum absolute atomic E-state index is 5.20. The maximum atomic E-state index is 5.20. The monoisotopic (exact) mass is 355 g/mol. The number of hydrogen-bond acceptors (Lipinski definition) is 3. The van der Waals surface area contributed by atoms with E-state index in [9.17, 15) is 0 Å². The molecule has 0 unspecified atom stereocenters. The van der Waals surface area contributed by atoms with Crippen molar-refractivity contribution in [2.75, 3.05) is 26.7 Å². The van der Waals surface area contributed by atoms with Crippen LogP contribution in [0.3, 0.4) is 0 Å². The van der Waals surface area contributed by atoms with E-state index < -0.39 is 0 Å². The third kappa shape index (κ3) is 4.36. The van der Waals surface area contributed by atoms with Gasteiger partial charge < -0.3 is 15.0 Å². The first-order valence-electron chi connectivity index (χ1n) is 9.23. The van der Waals surface area contributed by atoms with Gasteiger partial charge in [0, 0.05) is 25.8 Å². The van der Waals surface area contributed by atoms with E-state index in [1.54, 1.807) is 7.11 Å². The van der Waals surface area contributed by atoms with Crippen LogP contribution in [0.25, 0.3) is 5.69 Å². The Kier molecular flexibility index (Phi) is 5.49. The summed E-state index contributed by atoms with van der Waals surface area (Å²) in [7, 11) is 1.67. The van der Waals surface area contributed by atoms with E-state index in [0.717, 1.165) is 42.7 Å². The second kappa shape index (κ2) is 7.81. The van der Waals surface area contributed by atoms with Crippen molar-refractivity contribution in [3.05, 3.63) is 42.2 Å². The fraction of sp³-hybridized carbons (Fsp3) is 0.500. The molecule has 1 saturated heterocycles. The number of ether oxygens (including phenoxy) is 1. The summed E-state index contributed by atoms with van der Waals surface area (Å²) in [6.45, 7) is 10.3. The summed E-state index contributed by atoms with van der Waals surface area (Å²) in [5, 5.41) is 8.06. The summed E-state index contributed by atoms with van der Waals surface area (Å²) in [4.78, 5) is 7.15. The smallest absolute Gasteiger partial charge is 0.194 e. The van der Waals surface area contributed by atoms with Crippen molar-refractivity contribution >= 4 is 5.96 Å². The van der Waals surface area contributed by atoms with Crippen LogP contribution in [0, 0.1) is 5.41 Å². The molecule has 1 aliphatic heterocycles. The molecule has 0 atom stereocenters. The molecule has 2 heterocycles. The minimum absolute atomic E-state index is 0.353. The number of likely N-dealkylation sites (tertiary alicyclic amines) is 1. The van der Waals surface area contributed by atoms with Crippen LogP contribution in [0.2, 0.25) is 0 Å². The van der Waals surface area contributed by atoms with Crippen molar-refractivity contribution in [3.63, 3.8) is 0 Å². The van der Waals surface area contributed by atoms with Crippen molar-refractivity contribution in [3.8, 4) is 11.4 Å². The van der Waals surface area contributed by atoms with E-state index in [1.165, 1.54) is 6.42 Å². The van der Waals surface area contributed by atoms with E-state index in [1.807, 2.05) is 41.2 Å². The maximum Gasteiger partial charge on any atom is 0.194 e. The number of nitrogens with zero attached hydrogens (tertiary/aromatic N) is 4. The fourth-order valence-electron chi connectivity index (χ4n) is 3.20. The Balaban J connectivity index is 1.69. The predicted octanol–water partition coefficient (Wildman–Crippen LogP) is 3.08. The van der Waals surface area contributed by atoms with Gasteiger partial charge in [0.1, 0.15) is 5.75 Å². The van der Waals surface area contributed by atoms with Crippen LogP contribution >= 0.6 is 0 Å². The number of methoxy groups -OCH3 is 1. The summed E-state index contributed by atoms with van der Waals surface area (Å²) in [6.07, 6.45) is 3.17. The fourth-order valence-corrected chi connectivity index (χ4v) is 3.20. The molecule has 0 amide bonds. The van der Waals surface area contributed by atoms with Crippen LogP contribution in [0.5, 0.6) is 5.75 Å². The number of guanidine groups is 1. The van der Waals surface area contributed by atoms with Crippen molar-refractivity contribution in [2.24, 2.45) is 10.4 Å².